The fourth-order valence-corrected chi connectivity index (χ4v) is 1.86. The minimum atomic E-state index is -0.218. The lowest BCUT2D eigenvalue weighted by Gasteiger charge is -2.20. The first-order valence-electron chi connectivity index (χ1n) is 4.39. The number of nitrogens with zero attached hydrogens (tertiary/aromatic N) is 1. The molecule has 0 aliphatic carbocycles. The Balaban J connectivity index is 2.36. The van der Waals surface area contributed by atoms with E-state index in [1.807, 2.05) is 42.2 Å². The van der Waals surface area contributed by atoms with Crippen molar-refractivity contribution in [3.8, 4) is 0 Å². The summed E-state index contributed by atoms with van der Waals surface area (Å²) in [6.07, 6.45) is 0. The van der Waals surface area contributed by atoms with Gasteiger partial charge in [-0.3, -0.25) is 4.79 Å². The second-order valence-corrected chi connectivity index (χ2v) is 3.56. The summed E-state index contributed by atoms with van der Waals surface area (Å²) >= 11 is 5.07. The van der Waals surface area contributed by atoms with Crippen LogP contribution >= 0.6 is 12.2 Å². The van der Waals surface area contributed by atoms with Gasteiger partial charge in [0, 0.05) is 5.69 Å². The van der Waals surface area contributed by atoms with Gasteiger partial charge in [0.2, 0.25) is 5.91 Å². The fraction of sp³-hybridized carbons (Fsp3) is 0.200. The number of anilines is 1. The number of hydrogen-bond donors (Lipinski definition) is 1. The van der Waals surface area contributed by atoms with Crippen LogP contribution in [0.1, 0.15) is 6.92 Å². The number of carbonyl (C=O) groups is 1. The molecule has 1 unspecified atom stereocenters. The summed E-state index contributed by atoms with van der Waals surface area (Å²) in [5.41, 5.74) is 0.948. The van der Waals surface area contributed by atoms with Crippen LogP contribution in [0.25, 0.3) is 0 Å². The Hall–Kier alpha value is -1.42. The zero-order valence-electron chi connectivity index (χ0n) is 7.73. The zero-order valence-corrected chi connectivity index (χ0v) is 8.54. The molecule has 1 fully saturated rings. The van der Waals surface area contributed by atoms with Gasteiger partial charge in [0.1, 0.15) is 6.04 Å². The molecule has 0 saturated carbocycles. The van der Waals surface area contributed by atoms with Crippen LogP contribution in [0, 0.1) is 0 Å². The maximum Gasteiger partial charge on any atom is 0.249 e. The smallest absolute Gasteiger partial charge is 0.249 e. The van der Waals surface area contributed by atoms with E-state index in [1.165, 1.54) is 0 Å². The average Bonchev–Trinajstić information content (AvgIpc) is 2.43. The molecule has 0 radical (unpaired) electrons. The Labute approximate surface area is 87.7 Å². The van der Waals surface area contributed by atoms with E-state index in [2.05, 4.69) is 5.32 Å². The molecule has 3 nitrogen and oxygen atoms in total. The highest BCUT2D eigenvalue weighted by Crippen LogP contribution is 2.20. The lowest BCUT2D eigenvalue weighted by Crippen LogP contribution is -2.32. The Kier molecular flexibility index (Phi) is 2.21. The van der Waals surface area contributed by atoms with E-state index in [1.54, 1.807) is 0 Å². The summed E-state index contributed by atoms with van der Waals surface area (Å²) in [5.74, 6) is -0.0427. The van der Waals surface area contributed by atoms with Crippen molar-refractivity contribution in [1.82, 2.24) is 5.32 Å². The van der Waals surface area contributed by atoms with E-state index < -0.39 is 0 Å². The van der Waals surface area contributed by atoms with Gasteiger partial charge in [-0.15, -0.1) is 0 Å². The highest BCUT2D eigenvalue weighted by Gasteiger charge is 2.32. The van der Waals surface area contributed by atoms with Gasteiger partial charge in [-0.1, -0.05) is 18.2 Å². The van der Waals surface area contributed by atoms with E-state index in [4.69, 9.17) is 12.2 Å². The molecule has 1 aromatic carbocycles. The molecule has 0 bridgehead atoms. The molecule has 0 aromatic heterocycles. The maximum absolute atomic E-state index is 11.3. The summed E-state index contributed by atoms with van der Waals surface area (Å²) in [4.78, 5) is 13.1. The first-order valence-corrected chi connectivity index (χ1v) is 4.80. The Morgan fingerprint density at radius 1 is 1.36 bits per heavy atom. The van der Waals surface area contributed by atoms with Crippen LogP contribution in [-0.2, 0) is 4.79 Å². The van der Waals surface area contributed by atoms with Crippen molar-refractivity contribution in [2.24, 2.45) is 0 Å². The third-order valence-corrected chi connectivity index (χ3v) is 2.55. The Bertz CT molecular complexity index is 377. The van der Waals surface area contributed by atoms with Gasteiger partial charge < -0.3 is 10.2 Å². The topological polar surface area (TPSA) is 32.3 Å². The molecule has 1 saturated heterocycles. The number of nitrogens with one attached hydrogen (secondary N) is 1. The van der Waals surface area contributed by atoms with E-state index >= 15 is 0 Å². The van der Waals surface area contributed by atoms with Gasteiger partial charge in [-0.2, -0.15) is 0 Å². The van der Waals surface area contributed by atoms with Crippen molar-refractivity contribution in [3.63, 3.8) is 0 Å². The van der Waals surface area contributed by atoms with E-state index in [0.29, 0.717) is 5.11 Å². The molecule has 14 heavy (non-hydrogen) atoms. The highest BCUT2D eigenvalue weighted by atomic mass is 32.1. The van der Waals surface area contributed by atoms with Crippen LogP contribution < -0.4 is 10.2 Å². The zero-order chi connectivity index (χ0) is 10.1. The quantitative estimate of drug-likeness (QED) is 0.703. The minimum absolute atomic E-state index is 0.0427. The number of carbonyl (C=O) groups excluding carboxylic acids is 1. The van der Waals surface area contributed by atoms with Gasteiger partial charge in [0.25, 0.3) is 0 Å². The van der Waals surface area contributed by atoms with Crippen LogP contribution in [0.3, 0.4) is 0 Å². The maximum atomic E-state index is 11.3. The SMILES string of the molecule is CC1C(=O)NC(=S)N1c1ccccc1. The Morgan fingerprint density at radius 2 is 2.00 bits per heavy atom. The molecule has 4 heteroatoms. The number of amides is 1. The molecule has 1 heterocycles. The lowest BCUT2D eigenvalue weighted by atomic mass is 10.2. The number of thiocarbonyl (C=S) groups is 1. The normalized spacial score (nSPS) is 21.2. The second-order valence-electron chi connectivity index (χ2n) is 3.18. The van der Waals surface area contributed by atoms with E-state index in [0.717, 1.165) is 5.69 Å². The monoisotopic (exact) mass is 206 g/mol. The van der Waals surface area contributed by atoms with Crippen molar-refractivity contribution in [2.75, 3.05) is 4.90 Å². The van der Waals surface area contributed by atoms with E-state index in [-0.39, 0.29) is 11.9 Å². The Morgan fingerprint density at radius 3 is 2.50 bits per heavy atom. The van der Waals surface area contributed by atoms with Crippen LogP contribution in [-0.4, -0.2) is 17.1 Å². The molecular weight excluding hydrogens is 196 g/mol. The number of benzene rings is 1. The molecule has 1 amide bonds. The predicted octanol–water partition coefficient (Wildman–Crippen LogP) is 1.30. The van der Waals surface area contributed by atoms with Crippen LogP contribution in [0.5, 0.6) is 0 Å². The molecule has 1 N–H and O–H groups in total. The molecular formula is C10H10N2OS. The molecule has 1 aliphatic heterocycles. The first kappa shape index (κ1) is 9.15. The summed E-state index contributed by atoms with van der Waals surface area (Å²) in [7, 11) is 0. The molecule has 2 rings (SSSR count). The molecule has 1 atom stereocenters. The number of hydrogen-bond acceptors (Lipinski definition) is 2. The summed E-state index contributed by atoms with van der Waals surface area (Å²) in [6.45, 7) is 1.83. The molecule has 1 aliphatic rings. The van der Waals surface area contributed by atoms with Gasteiger partial charge in [0.05, 0.1) is 0 Å². The van der Waals surface area contributed by atoms with Crippen molar-refractivity contribution in [1.29, 1.82) is 0 Å². The van der Waals surface area contributed by atoms with Crippen molar-refractivity contribution in [3.05, 3.63) is 30.3 Å². The largest absolute Gasteiger partial charge is 0.306 e. The van der Waals surface area contributed by atoms with Gasteiger partial charge >= 0.3 is 0 Å². The van der Waals surface area contributed by atoms with Crippen LogP contribution in [0.15, 0.2) is 30.3 Å². The first-order chi connectivity index (χ1) is 6.70. The summed E-state index contributed by atoms with van der Waals surface area (Å²) < 4.78 is 0. The summed E-state index contributed by atoms with van der Waals surface area (Å²) in [5, 5.41) is 3.11. The molecule has 0 spiro atoms. The summed E-state index contributed by atoms with van der Waals surface area (Å²) in [6, 6.07) is 9.43. The van der Waals surface area contributed by atoms with Gasteiger partial charge in [0.15, 0.2) is 5.11 Å². The van der Waals surface area contributed by atoms with Crippen LogP contribution in [0.2, 0.25) is 0 Å². The van der Waals surface area contributed by atoms with E-state index in [9.17, 15) is 4.79 Å². The third-order valence-electron chi connectivity index (χ3n) is 2.25. The predicted molar refractivity (Wildman–Crippen MR) is 59.1 cm³/mol. The fourth-order valence-electron chi connectivity index (χ4n) is 1.49. The third kappa shape index (κ3) is 1.37. The standard InChI is InChI=1S/C10H10N2OS/c1-7-9(13)11-10(14)12(7)8-5-3-2-4-6-8/h2-7H,1H3,(H,11,13,14). The number of para-hydroxylation sites is 1. The number of rotatable bonds is 1. The lowest BCUT2D eigenvalue weighted by molar-refractivity contribution is -0.119. The molecule has 1 aromatic rings. The average molecular weight is 206 g/mol. The highest BCUT2D eigenvalue weighted by molar-refractivity contribution is 7.80. The van der Waals surface area contributed by atoms with Gasteiger partial charge in [-0.25, -0.2) is 0 Å². The van der Waals surface area contributed by atoms with Crippen molar-refractivity contribution < 1.29 is 4.79 Å². The van der Waals surface area contributed by atoms with Crippen molar-refractivity contribution >= 4 is 28.9 Å². The van der Waals surface area contributed by atoms with Gasteiger partial charge in [-0.05, 0) is 31.3 Å². The van der Waals surface area contributed by atoms with Crippen LogP contribution in [0.4, 0.5) is 5.69 Å². The second kappa shape index (κ2) is 3.38. The molecule has 72 valence electrons. The van der Waals surface area contributed by atoms with Crippen molar-refractivity contribution in [2.45, 2.75) is 13.0 Å². The minimum Gasteiger partial charge on any atom is -0.306 e.